The molecule has 7 heteroatoms. The summed E-state index contributed by atoms with van der Waals surface area (Å²) in [5, 5.41) is 5.58. The van der Waals surface area contributed by atoms with E-state index in [2.05, 4.69) is 15.6 Å². The Balaban J connectivity index is 1.72. The van der Waals surface area contributed by atoms with Gasteiger partial charge in [-0.25, -0.2) is 0 Å². The van der Waals surface area contributed by atoms with Crippen molar-refractivity contribution in [1.82, 2.24) is 4.98 Å². The van der Waals surface area contributed by atoms with E-state index in [4.69, 9.17) is 4.74 Å². The van der Waals surface area contributed by atoms with E-state index < -0.39 is 0 Å². The average molecular weight is 390 g/mol. The van der Waals surface area contributed by atoms with Crippen LogP contribution >= 0.6 is 0 Å². The van der Waals surface area contributed by atoms with Crippen LogP contribution in [0, 0.1) is 0 Å². The molecule has 0 saturated heterocycles. The molecule has 0 spiro atoms. The molecular weight excluding hydrogens is 368 g/mol. The number of hydrogen-bond acceptors (Lipinski definition) is 5. The van der Waals surface area contributed by atoms with Crippen molar-refractivity contribution in [2.24, 2.45) is 0 Å². The van der Waals surface area contributed by atoms with Crippen molar-refractivity contribution in [3.05, 3.63) is 78.1 Å². The highest BCUT2D eigenvalue weighted by atomic mass is 16.5. The van der Waals surface area contributed by atoms with Crippen LogP contribution in [0.4, 0.5) is 17.1 Å². The molecule has 3 aromatic rings. The van der Waals surface area contributed by atoms with Gasteiger partial charge in [0.25, 0.3) is 11.8 Å². The lowest BCUT2D eigenvalue weighted by Crippen LogP contribution is -2.16. The predicted molar refractivity (Wildman–Crippen MR) is 114 cm³/mol. The zero-order chi connectivity index (χ0) is 20.8. The lowest BCUT2D eigenvalue weighted by Gasteiger charge is -2.13. The van der Waals surface area contributed by atoms with E-state index in [0.717, 1.165) is 5.69 Å². The summed E-state index contributed by atoms with van der Waals surface area (Å²) in [5.41, 5.74) is 2.78. The number of nitrogens with zero attached hydrogens (tertiary/aromatic N) is 2. The molecule has 2 aromatic carbocycles. The van der Waals surface area contributed by atoms with Crippen LogP contribution in [-0.4, -0.2) is 38.0 Å². The quantitative estimate of drug-likeness (QED) is 0.671. The van der Waals surface area contributed by atoms with Gasteiger partial charge in [-0.1, -0.05) is 12.1 Å². The van der Waals surface area contributed by atoms with Gasteiger partial charge in [0.2, 0.25) is 0 Å². The first kappa shape index (κ1) is 19.9. The number of carbonyl (C=O) groups is 2. The molecule has 29 heavy (non-hydrogen) atoms. The predicted octanol–water partition coefficient (Wildman–Crippen LogP) is 3.66. The van der Waals surface area contributed by atoms with Crippen LogP contribution in [0.1, 0.15) is 20.7 Å². The van der Waals surface area contributed by atoms with Gasteiger partial charge in [-0.15, -0.1) is 0 Å². The number of aromatic nitrogens is 1. The molecule has 2 N–H and O–H groups in total. The zero-order valence-corrected chi connectivity index (χ0v) is 16.5. The minimum atomic E-state index is -0.382. The maximum atomic E-state index is 12.6. The summed E-state index contributed by atoms with van der Waals surface area (Å²) < 4.78 is 5.24. The van der Waals surface area contributed by atoms with E-state index in [1.54, 1.807) is 18.2 Å². The minimum absolute atomic E-state index is 0.270. The molecule has 0 aliphatic rings. The van der Waals surface area contributed by atoms with Crippen molar-refractivity contribution < 1.29 is 14.3 Å². The molecule has 148 valence electrons. The first-order valence-electron chi connectivity index (χ1n) is 8.96. The van der Waals surface area contributed by atoms with E-state index in [1.165, 1.54) is 25.6 Å². The Hall–Kier alpha value is -3.87. The Labute approximate surface area is 169 Å². The Morgan fingerprint density at radius 1 is 0.897 bits per heavy atom. The van der Waals surface area contributed by atoms with Crippen molar-refractivity contribution in [1.29, 1.82) is 0 Å². The van der Waals surface area contributed by atoms with Crippen LogP contribution < -0.4 is 20.3 Å². The molecule has 3 rings (SSSR count). The number of carbonyl (C=O) groups excluding carboxylic acids is 2. The average Bonchev–Trinajstić information content (AvgIpc) is 2.74. The van der Waals surface area contributed by atoms with Crippen molar-refractivity contribution in [2.75, 3.05) is 36.7 Å². The highest BCUT2D eigenvalue weighted by Crippen LogP contribution is 2.23. The van der Waals surface area contributed by atoms with Gasteiger partial charge >= 0.3 is 0 Å². The van der Waals surface area contributed by atoms with Crippen molar-refractivity contribution >= 4 is 28.9 Å². The number of ether oxygens (including phenoxy) is 1. The molecule has 0 unspecified atom stereocenters. The van der Waals surface area contributed by atoms with Crippen LogP contribution in [-0.2, 0) is 0 Å². The molecule has 1 heterocycles. The number of pyridine rings is 1. The summed E-state index contributed by atoms with van der Waals surface area (Å²) in [7, 11) is 5.42. The van der Waals surface area contributed by atoms with Crippen LogP contribution in [0.25, 0.3) is 0 Å². The Morgan fingerprint density at radius 3 is 2.14 bits per heavy atom. The summed E-state index contributed by atoms with van der Waals surface area (Å²) in [6, 6.07) is 16.0. The van der Waals surface area contributed by atoms with Crippen molar-refractivity contribution in [3.8, 4) is 5.75 Å². The lowest BCUT2D eigenvalue weighted by molar-refractivity contribution is 0.102. The number of amides is 2. The monoisotopic (exact) mass is 390 g/mol. The molecule has 0 atom stereocenters. The Kier molecular flexibility index (Phi) is 6.09. The van der Waals surface area contributed by atoms with Gasteiger partial charge in [0, 0.05) is 37.9 Å². The first-order chi connectivity index (χ1) is 14.0. The van der Waals surface area contributed by atoms with Crippen molar-refractivity contribution in [3.63, 3.8) is 0 Å². The fourth-order valence-corrected chi connectivity index (χ4v) is 2.68. The van der Waals surface area contributed by atoms with E-state index in [9.17, 15) is 9.59 Å². The highest BCUT2D eigenvalue weighted by Gasteiger charge is 2.13. The molecule has 0 aliphatic carbocycles. The fraction of sp³-hybridized carbons (Fsp3) is 0.136. The topological polar surface area (TPSA) is 83.6 Å². The number of methoxy groups -OCH3 is 1. The van der Waals surface area contributed by atoms with Gasteiger partial charge in [0.1, 0.15) is 5.75 Å². The second-order valence-corrected chi connectivity index (χ2v) is 6.51. The standard InChI is InChI=1S/C22H22N4O3/c1-26(2)18-10-8-17(9-11-18)24-21(27)15-12-16(14-23-13-15)22(28)25-19-6-4-5-7-20(19)29-3/h4-14H,1-3H3,(H,24,27)(H,25,28). The van der Waals surface area contributed by atoms with Gasteiger partial charge in [-0.2, -0.15) is 0 Å². The SMILES string of the molecule is COc1ccccc1NC(=O)c1cncc(C(=O)Nc2ccc(N(C)C)cc2)c1. The minimum Gasteiger partial charge on any atom is -0.495 e. The lowest BCUT2D eigenvalue weighted by atomic mass is 10.1. The Morgan fingerprint density at radius 2 is 1.52 bits per heavy atom. The van der Waals surface area contributed by atoms with Gasteiger partial charge in [-0.05, 0) is 42.5 Å². The van der Waals surface area contributed by atoms with Gasteiger partial charge in [0.15, 0.2) is 0 Å². The van der Waals surface area contributed by atoms with Gasteiger partial charge in [-0.3, -0.25) is 14.6 Å². The number of hydrogen-bond donors (Lipinski definition) is 2. The maximum Gasteiger partial charge on any atom is 0.257 e. The van der Waals surface area contributed by atoms with Gasteiger partial charge < -0.3 is 20.3 Å². The van der Waals surface area contributed by atoms with Gasteiger partial charge in [0.05, 0.1) is 23.9 Å². The third-order valence-corrected chi connectivity index (χ3v) is 4.26. The highest BCUT2D eigenvalue weighted by molar-refractivity contribution is 6.08. The summed E-state index contributed by atoms with van der Waals surface area (Å²) in [6.07, 6.45) is 2.83. The first-order valence-corrected chi connectivity index (χ1v) is 8.96. The summed E-state index contributed by atoms with van der Waals surface area (Å²) >= 11 is 0. The fourth-order valence-electron chi connectivity index (χ4n) is 2.68. The number of rotatable bonds is 6. The molecule has 1 aromatic heterocycles. The third-order valence-electron chi connectivity index (χ3n) is 4.26. The largest absolute Gasteiger partial charge is 0.495 e. The molecule has 0 aliphatic heterocycles. The van der Waals surface area contributed by atoms with E-state index in [1.807, 2.05) is 49.3 Å². The van der Waals surface area contributed by atoms with Crippen LogP contribution in [0.2, 0.25) is 0 Å². The maximum absolute atomic E-state index is 12.6. The second kappa shape index (κ2) is 8.88. The number of nitrogens with one attached hydrogen (secondary N) is 2. The molecule has 2 amide bonds. The van der Waals surface area contributed by atoms with Crippen LogP contribution in [0.3, 0.4) is 0 Å². The summed E-state index contributed by atoms with van der Waals surface area (Å²) in [5.74, 6) is -0.182. The van der Waals surface area contributed by atoms with E-state index >= 15 is 0 Å². The molecule has 0 bridgehead atoms. The Bertz CT molecular complexity index is 1020. The van der Waals surface area contributed by atoms with E-state index in [-0.39, 0.29) is 22.9 Å². The van der Waals surface area contributed by atoms with Crippen molar-refractivity contribution in [2.45, 2.75) is 0 Å². The van der Waals surface area contributed by atoms with E-state index in [0.29, 0.717) is 17.1 Å². The van der Waals surface area contributed by atoms with Crippen LogP contribution in [0.5, 0.6) is 5.75 Å². The molecule has 0 fully saturated rings. The second-order valence-electron chi connectivity index (χ2n) is 6.51. The number of para-hydroxylation sites is 2. The summed E-state index contributed by atoms with van der Waals surface area (Å²) in [4.78, 5) is 31.1. The summed E-state index contributed by atoms with van der Waals surface area (Å²) in [6.45, 7) is 0. The third kappa shape index (κ3) is 4.90. The van der Waals surface area contributed by atoms with Crippen LogP contribution in [0.15, 0.2) is 67.0 Å². The molecule has 0 radical (unpaired) electrons. The molecular formula is C22H22N4O3. The molecule has 0 saturated carbocycles. The zero-order valence-electron chi connectivity index (χ0n) is 16.5. The number of benzene rings is 2. The molecule has 7 nitrogen and oxygen atoms in total. The number of anilines is 3. The normalized spacial score (nSPS) is 10.2. The smallest absolute Gasteiger partial charge is 0.257 e.